The zero-order valence-corrected chi connectivity index (χ0v) is 14.0. The number of rotatable bonds is 4. The minimum absolute atomic E-state index is 0.0648. The zero-order chi connectivity index (χ0) is 15.6. The quantitative estimate of drug-likeness (QED) is 0.714. The highest BCUT2D eigenvalue weighted by molar-refractivity contribution is 9.10. The lowest BCUT2D eigenvalue weighted by atomic mass is 10.0. The van der Waals surface area contributed by atoms with Crippen LogP contribution in [0.5, 0.6) is 0 Å². The van der Waals surface area contributed by atoms with Gasteiger partial charge in [-0.3, -0.25) is 0 Å². The molecule has 0 saturated heterocycles. The Bertz CT molecular complexity index is 593. The molecule has 0 spiro atoms. The largest absolute Gasteiger partial charge is 0.303 e. The molecule has 2 rings (SSSR count). The van der Waals surface area contributed by atoms with Crippen LogP contribution in [0.4, 0.5) is 8.78 Å². The van der Waals surface area contributed by atoms with Gasteiger partial charge < -0.3 is 5.32 Å². The molecule has 5 heteroatoms. The predicted octanol–water partition coefficient (Wildman–Crippen LogP) is 5.79. The maximum Gasteiger partial charge on any atom is 0.130 e. The van der Waals surface area contributed by atoms with Crippen molar-refractivity contribution in [2.45, 2.75) is 25.9 Å². The summed E-state index contributed by atoms with van der Waals surface area (Å²) in [4.78, 5) is 0. The van der Waals surface area contributed by atoms with E-state index in [0.717, 1.165) is 16.1 Å². The summed E-state index contributed by atoms with van der Waals surface area (Å²) in [5.74, 6) is -1.13. The summed E-state index contributed by atoms with van der Waals surface area (Å²) in [6.45, 7) is 3.78. The molecule has 112 valence electrons. The van der Waals surface area contributed by atoms with Crippen LogP contribution in [-0.2, 0) is 0 Å². The highest BCUT2D eigenvalue weighted by atomic mass is 79.9. The highest BCUT2D eigenvalue weighted by Crippen LogP contribution is 2.28. The topological polar surface area (TPSA) is 12.0 Å². The van der Waals surface area contributed by atoms with Crippen LogP contribution in [0.1, 0.15) is 37.1 Å². The zero-order valence-electron chi connectivity index (χ0n) is 11.6. The van der Waals surface area contributed by atoms with Gasteiger partial charge in [-0.15, -0.1) is 0 Å². The first-order chi connectivity index (χ1) is 9.88. The molecule has 1 N–H and O–H groups in total. The molecule has 0 amide bonds. The van der Waals surface area contributed by atoms with Crippen molar-refractivity contribution in [3.05, 3.63) is 68.7 Å². The van der Waals surface area contributed by atoms with Crippen molar-refractivity contribution in [3.8, 4) is 0 Å². The first-order valence-corrected chi connectivity index (χ1v) is 7.71. The first-order valence-electron chi connectivity index (χ1n) is 6.54. The molecule has 2 aromatic carbocycles. The Labute approximate surface area is 136 Å². The van der Waals surface area contributed by atoms with Crippen LogP contribution in [0.25, 0.3) is 0 Å². The van der Waals surface area contributed by atoms with Crippen molar-refractivity contribution < 1.29 is 8.78 Å². The molecule has 0 aromatic heterocycles. The molecule has 0 saturated carbocycles. The normalized spacial score (nSPS) is 14.0. The molecule has 1 nitrogen and oxygen atoms in total. The summed E-state index contributed by atoms with van der Waals surface area (Å²) in [6.07, 6.45) is 0. The molecular weight excluding hydrogens is 360 g/mol. The van der Waals surface area contributed by atoms with Crippen LogP contribution in [0.2, 0.25) is 5.02 Å². The van der Waals surface area contributed by atoms with Gasteiger partial charge in [0.1, 0.15) is 11.6 Å². The Kier molecular flexibility index (Phi) is 5.36. The van der Waals surface area contributed by atoms with Gasteiger partial charge in [0.05, 0.1) is 0 Å². The SMILES string of the molecule is CC(NC(C)c1ccc(Br)cc1Cl)c1ccc(F)cc1F. The molecule has 2 atom stereocenters. The Morgan fingerprint density at radius 1 is 1.00 bits per heavy atom. The second kappa shape index (κ2) is 6.86. The summed E-state index contributed by atoms with van der Waals surface area (Å²) in [5, 5.41) is 3.91. The van der Waals surface area contributed by atoms with E-state index in [1.165, 1.54) is 12.1 Å². The molecule has 0 aliphatic rings. The van der Waals surface area contributed by atoms with Gasteiger partial charge in [0, 0.05) is 33.2 Å². The van der Waals surface area contributed by atoms with E-state index in [9.17, 15) is 8.78 Å². The smallest absolute Gasteiger partial charge is 0.130 e. The third-order valence-corrected chi connectivity index (χ3v) is 4.18. The summed E-state index contributed by atoms with van der Waals surface area (Å²) >= 11 is 9.57. The average Bonchev–Trinajstić information content (AvgIpc) is 2.37. The molecular formula is C16H15BrClF2N. The first kappa shape index (κ1) is 16.4. The molecule has 21 heavy (non-hydrogen) atoms. The molecule has 0 bridgehead atoms. The molecule has 0 aliphatic carbocycles. The summed E-state index contributed by atoms with van der Waals surface area (Å²) < 4.78 is 27.6. The van der Waals surface area contributed by atoms with Crippen molar-refractivity contribution in [1.82, 2.24) is 5.32 Å². The van der Waals surface area contributed by atoms with Gasteiger partial charge in [-0.25, -0.2) is 8.78 Å². The van der Waals surface area contributed by atoms with Crippen molar-refractivity contribution in [2.75, 3.05) is 0 Å². The third kappa shape index (κ3) is 4.02. The molecule has 0 radical (unpaired) electrons. The van der Waals surface area contributed by atoms with Crippen LogP contribution in [0.3, 0.4) is 0 Å². The standard InChI is InChI=1S/C16H15BrClF2N/c1-9(13-5-3-11(17)7-15(13)18)21-10(2)14-6-4-12(19)8-16(14)20/h3-10,21H,1-2H3. The minimum atomic E-state index is -0.576. The van der Waals surface area contributed by atoms with E-state index in [-0.39, 0.29) is 12.1 Å². The number of halogens is 4. The van der Waals surface area contributed by atoms with E-state index in [4.69, 9.17) is 11.6 Å². The predicted molar refractivity (Wildman–Crippen MR) is 85.5 cm³/mol. The fourth-order valence-corrected chi connectivity index (χ4v) is 3.10. The number of nitrogens with one attached hydrogen (secondary N) is 1. The van der Waals surface area contributed by atoms with Gasteiger partial charge in [0.15, 0.2) is 0 Å². The molecule has 0 heterocycles. The van der Waals surface area contributed by atoms with Crippen LogP contribution in [0, 0.1) is 11.6 Å². The van der Waals surface area contributed by atoms with E-state index in [0.29, 0.717) is 10.6 Å². The Hall–Kier alpha value is -0.970. The van der Waals surface area contributed by atoms with Crippen LogP contribution >= 0.6 is 27.5 Å². The Morgan fingerprint density at radius 3 is 2.24 bits per heavy atom. The van der Waals surface area contributed by atoms with Gasteiger partial charge in [-0.2, -0.15) is 0 Å². The van der Waals surface area contributed by atoms with Gasteiger partial charge in [0.2, 0.25) is 0 Å². The lowest BCUT2D eigenvalue weighted by Crippen LogP contribution is -2.23. The fourth-order valence-electron chi connectivity index (χ4n) is 2.26. The van der Waals surface area contributed by atoms with E-state index >= 15 is 0 Å². The fraction of sp³-hybridized carbons (Fsp3) is 0.250. The van der Waals surface area contributed by atoms with Gasteiger partial charge >= 0.3 is 0 Å². The summed E-state index contributed by atoms with van der Waals surface area (Å²) in [5.41, 5.74) is 1.35. The van der Waals surface area contributed by atoms with Crippen molar-refractivity contribution in [2.24, 2.45) is 0 Å². The average molecular weight is 375 g/mol. The summed E-state index contributed by atoms with van der Waals surface area (Å²) in [6, 6.07) is 8.92. The van der Waals surface area contributed by atoms with Crippen LogP contribution in [0.15, 0.2) is 40.9 Å². The molecule has 0 fully saturated rings. The lowest BCUT2D eigenvalue weighted by Gasteiger charge is -2.22. The second-order valence-corrected chi connectivity index (χ2v) is 6.26. The van der Waals surface area contributed by atoms with Crippen molar-refractivity contribution in [3.63, 3.8) is 0 Å². The monoisotopic (exact) mass is 373 g/mol. The van der Waals surface area contributed by atoms with Gasteiger partial charge in [0.25, 0.3) is 0 Å². The van der Waals surface area contributed by atoms with Gasteiger partial charge in [-0.05, 0) is 37.6 Å². The maximum absolute atomic E-state index is 13.8. The van der Waals surface area contributed by atoms with Crippen LogP contribution < -0.4 is 5.32 Å². The van der Waals surface area contributed by atoms with Crippen LogP contribution in [-0.4, -0.2) is 0 Å². The molecule has 2 aromatic rings. The van der Waals surface area contributed by atoms with Gasteiger partial charge in [-0.1, -0.05) is 39.7 Å². The Morgan fingerprint density at radius 2 is 1.62 bits per heavy atom. The van der Waals surface area contributed by atoms with E-state index < -0.39 is 11.6 Å². The summed E-state index contributed by atoms with van der Waals surface area (Å²) in [7, 11) is 0. The van der Waals surface area contributed by atoms with E-state index in [1.54, 1.807) is 0 Å². The number of hydrogen-bond donors (Lipinski definition) is 1. The third-order valence-electron chi connectivity index (χ3n) is 3.36. The molecule has 0 aliphatic heterocycles. The number of hydrogen-bond acceptors (Lipinski definition) is 1. The lowest BCUT2D eigenvalue weighted by molar-refractivity contribution is 0.470. The molecule has 2 unspecified atom stereocenters. The number of benzene rings is 2. The van der Waals surface area contributed by atoms with Crippen molar-refractivity contribution >= 4 is 27.5 Å². The van der Waals surface area contributed by atoms with E-state index in [2.05, 4.69) is 21.2 Å². The maximum atomic E-state index is 13.8. The van der Waals surface area contributed by atoms with E-state index in [1.807, 2.05) is 32.0 Å². The second-order valence-electron chi connectivity index (χ2n) is 4.94. The highest BCUT2D eigenvalue weighted by Gasteiger charge is 2.16. The Balaban J connectivity index is 2.16. The minimum Gasteiger partial charge on any atom is -0.303 e. The van der Waals surface area contributed by atoms with Crippen molar-refractivity contribution in [1.29, 1.82) is 0 Å².